The summed E-state index contributed by atoms with van der Waals surface area (Å²) < 4.78 is 26.1. The molecule has 0 radical (unpaired) electrons. The van der Waals surface area contributed by atoms with Crippen LogP contribution in [0.15, 0.2) is 51.3 Å². The van der Waals surface area contributed by atoms with Crippen molar-refractivity contribution in [2.75, 3.05) is 0 Å². The van der Waals surface area contributed by atoms with Crippen LogP contribution in [-0.4, -0.2) is 17.1 Å². The molecule has 0 saturated carbocycles. The molecule has 0 bridgehead atoms. The van der Waals surface area contributed by atoms with E-state index in [1.807, 2.05) is 32.9 Å². The van der Waals surface area contributed by atoms with Gasteiger partial charge in [-0.2, -0.15) is 0 Å². The SMILES string of the molecule is Cc1cc(C)c(C2=NOC(Sc3c(Cl)c(Cl)c(Cl)c(Cl)c3Cl)(S(=O)(=O)c3ccc(Cl)cc3)S2)c(C)c1. The summed E-state index contributed by atoms with van der Waals surface area (Å²) in [5.74, 6) is 0. The number of sulfone groups is 1. The summed E-state index contributed by atoms with van der Waals surface area (Å²) >= 11 is 39.2. The van der Waals surface area contributed by atoms with E-state index < -0.39 is 13.4 Å². The van der Waals surface area contributed by atoms with Crippen LogP contribution in [0.4, 0.5) is 0 Å². The number of benzene rings is 3. The fourth-order valence-corrected chi connectivity index (χ4v) is 10.3. The summed E-state index contributed by atoms with van der Waals surface area (Å²) in [5, 5.41) is 4.67. The highest BCUT2D eigenvalue weighted by atomic mass is 35.5. The Morgan fingerprint density at radius 3 is 1.86 bits per heavy atom. The van der Waals surface area contributed by atoms with Gasteiger partial charge in [-0.25, -0.2) is 8.42 Å². The first kappa shape index (κ1) is 28.5. The second-order valence-electron chi connectivity index (χ2n) is 7.82. The van der Waals surface area contributed by atoms with Crippen LogP contribution in [0.2, 0.25) is 30.1 Å². The van der Waals surface area contributed by atoms with E-state index in [1.165, 1.54) is 24.3 Å². The molecular formula is C23H15Cl6NO3S3. The van der Waals surface area contributed by atoms with Crippen LogP contribution >= 0.6 is 93.1 Å². The number of rotatable bonds is 5. The van der Waals surface area contributed by atoms with Gasteiger partial charge in [0.1, 0.15) is 5.04 Å². The van der Waals surface area contributed by atoms with Crippen molar-refractivity contribution in [1.82, 2.24) is 0 Å². The van der Waals surface area contributed by atoms with E-state index in [0.717, 1.165) is 45.8 Å². The fourth-order valence-electron chi connectivity index (χ4n) is 3.62. The van der Waals surface area contributed by atoms with Crippen molar-refractivity contribution in [3.8, 4) is 0 Å². The predicted molar refractivity (Wildman–Crippen MR) is 155 cm³/mol. The average Bonchev–Trinajstić information content (AvgIpc) is 3.24. The lowest BCUT2D eigenvalue weighted by Gasteiger charge is -2.26. The van der Waals surface area contributed by atoms with Crippen LogP contribution in [0, 0.1) is 20.8 Å². The van der Waals surface area contributed by atoms with Crippen LogP contribution < -0.4 is 0 Å². The molecule has 0 saturated heterocycles. The van der Waals surface area contributed by atoms with E-state index in [4.69, 9.17) is 74.4 Å². The van der Waals surface area contributed by atoms with Crippen molar-refractivity contribution in [2.45, 2.75) is 34.2 Å². The van der Waals surface area contributed by atoms with Crippen molar-refractivity contribution in [2.24, 2.45) is 5.16 Å². The Labute approximate surface area is 247 Å². The summed E-state index contributed by atoms with van der Waals surface area (Å²) in [6, 6.07) is 9.68. The van der Waals surface area contributed by atoms with Gasteiger partial charge in [0.25, 0.3) is 0 Å². The topological polar surface area (TPSA) is 55.7 Å². The fraction of sp³-hybridized carbons (Fsp3) is 0.174. The Bertz CT molecular complexity index is 1480. The van der Waals surface area contributed by atoms with Gasteiger partial charge in [-0.05, 0) is 79.7 Å². The maximum atomic E-state index is 14.1. The van der Waals surface area contributed by atoms with E-state index in [2.05, 4.69) is 5.16 Å². The molecule has 0 aromatic heterocycles. The lowest BCUT2D eigenvalue weighted by atomic mass is 10.0. The third-order valence-corrected chi connectivity index (χ3v) is 13.6. The summed E-state index contributed by atoms with van der Waals surface area (Å²) in [7, 11) is -4.27. The van der Waals surface area contributed by atoms with Crippen molar-refractivity contribution in [3.05, 3.63) is 88.8 Å². The number of aryl methyl sites for hydroxylation is 3. The molecule has 1 heterocycles. The molecule has 1 unspecified atom stereocenters. The molecule has 0 fully saturated rings. The summed E-state index contributed by atoms with van der Waals surface area (Å²) in [6.07, 6.45) is 0. The maximum absolute atomic E-state index is 14.1. The molecule has 3 aromatic carbocycles. The van der Waals surface area contributed by atoms with Gasteiger partial charge in [0.15, 0.2) is 0 Å². The molecule has 1 aliphatic heterocycles. The normalized spacial score (nSPS) is 17.8. The molecule has 4 rings (SSSR count). The van der Waals surface area contributed by atoms with Gasteiger partial charge >= 0.3 is 3.60 Å². The van der Waals surface area contributed by atoms with Crippen LogP contribution in [0.1, 0.15) is 22.3 Å². The molecule has 1 aliphatic rings. The highest BCUT2D eigenvalue weighted by Crippen LogP contribution is 2.59. The summed E-state index contributed by atoms with van der Waals surface area (Å²) in [4.78, 5) is 5.82. The van der Waals surface area contributed by atoms with E-state index in [9.17, 15) is 8.42 Å². The standard InChI is InChI=1S/C23H15Cl6NO3S3/c1-10-8-11(2)15(12(3)9-10)22-30-33-23(35-22,36(31,32)14-6-4-13(24)5-7-14)34-21-19(28)17(26)16(25)18(27)20(21)29/h4-9H,1-3H3. The van der Waals surface area contributed by atoms with Gasteiger partial charge < -0.3 is 4.84 Å². The van der Waals surface area contributed by atoms with Crippen molar-refractivity contribution >= 4 is 108 Å². The smallest absolute Gasteiger partial charge is 0.342 e. The quantitative estimate of drug-likeness (QED) is 0.201. The molecule has 190 valence electrons. The van der Waals surface area contributed by atoms with Gasteiger partial charge in [0.2, 0.25) is 9.84 Å². The molecular weight excluding hydrogens is 647 g/mol. The van der Waals surface area contributed by atoms with Crippen molar-refractivity contribution in [1.29, 1.82) is 0 Å². The van der Waals surface area contributed by atoms with Crippen LogP contribution in [0.25, 0.3) is 0 Å². The maximum Gasteiger partial charge on any atom is 0.342 e. The minimum Gasteiger partial charge on any atom is -0.348 e. The molecule has 0 aliphatic carbocycles. The third kappa shape index (κ3) is 4.96. The number of nitrogens with zero attached hydrogens (tertiary/aromatic N) is 1. The number of thioether (sulfide) groups is 2. The van der Waals surface area contributed by atoms with E-state index in [1.54, 1.807) is 0 Å². The largest absolute Gasteiger partial charge is 0.348 e. The Morgan fingerprint density at radius 2 is 1.33 bits per heavy atom. The lowest BCUT2D eigenvalue weighted by molar-refractivity contribution is 0.155. The number of hydrogen-bond donors (Lipinski definition) is 0. The average molecular weight is 662 g/mol. The van der Waals surface area contributed by atoms with Crippen LogP contribution in [-0.2, 0) is 14.7 Å². The molecule has 4 nitrogen and oxygen atoms in total. The third-order valence-electron chi connectivity index (χ3n) is 5.20. The molecule has 0 N–H and O–H groups in total. The Morgan fingerprint density at radius 1 is 0.833 bits per heavy atom. The second kappa shape index (κ2) is 10.6. The lowest BCUT2D eigenvalue weighted by Crippen LogP contribution is -2.32. The van der Waals surface area contributed by atoms with E-state index >= 15 is 0 Å². The summed E-state index contributed by atoms with van der Waals surface area (Å²) in [5.41, 5.74) is 3.67. The zero-order valence-electron chi connectivity index (χ0n) is 18.6. The van der Waals surface area contributed by atoms with Gasteiger partial charge in [0.05, 0.1) is 34.9 Å². The predicted octanol–water partition coefficient (Wildman–Crippen LogP) is 9.83. The Balaban J connectivity index is 1.90. The Hall–Kier alpha value is -0.480. The van der Waals surface area contributed by atoms with E-state index in [-0.39, 0.29) is 34.9 Å². The first-order chi connectivity index (χ1) is 16.8. The summed E-state index contributed by atoms with van der Waals surface area (Å²) in [6.45, 7) is 5.82. The van der Waals surface area contributed by atoms with Crippen LogP contribution in [0.3, 0.4) is 0 Å². The molecule has 0 amide bonds. The minimum atomic E-state index is -4.27. The van der Waals surface area contributed by atoms with Crippen LogP contribution in [0.5, 0.6) is 0 Å². The Kier molecular flexibility index (Phi) is 8.39. The first-order valence-corrected chi connectivity index (χ1v) is 15.4. The zero-order chi connectivity index (χ0) is 26.6. The van der Waals surface area contributed by atoms with Gasteiger partial charge in [0, 0.05) is 10.6 Å². The van der Waals surface area contributed by atoms with Crippen molar-refractivity contribution < 1.29 is 13.3 Å². The molecule has 36 heavy (non-hydrogen) atoms. The molecule has 13 heteroatoms. The highest BCUT2D eigenvalue weighted by molar-refractivity contribution is 8.36. The van der Waals surface area contributed by atoms with Crippen molar-refractivity contribution in [3.63, 3.8) is 0 Å². The molecule has 0 spiro atoms. The highest BCUT2D eigenvalue weighted by Gasteiger charge is 2.56. The second-order valence-corrected chi connectivity index (χ2v) is 15.3. The first-order valence-electron chi connectivity index (χ1n) is 10.0. The number of halogens is 6. The van der Waals surface area contributed by atoms with Gasteiger partial charge in [-0.15, -0.1) is 0 Å². The minimum absolute atomic E-state index is 0.0425. The van der Waals surface area contributed by atoms with Gasteiger partial charge in [-0.1, -0.05) is 92.5 Å². The number of hydrogen-bond acceptors (Lipinski definition) is 6. The van der Waals surface area contributed by atoms with Gasteiger partial charge in [-0.3, -0.25) is 0 Å². The molecule has 1 atom stereocenters. The monoisotopic (exact) mass is 659 g/mol. The number of oxime groups is 1. The molecule has 3 aromatic rings. The zero-order valence-corrected chi connectivity index (χ0v) is 25.6. The van der Waals surface area contributed by atoms with E-state index in [0.29, 0.717) is 10.1 Å².